The molecule has 0 bridgehead atoms. The number of hydrogen-bond donors (Lipinski definition) is 1. The van der Waals surface area contributed by atoms with Crippen molar-refractivity contribution in [3.63, 3.8) is 0 Å². The molecular formula is C9H12N2O4. The molecule has 0 spiro atoms. The third-order valence-electron chi connectivity index (χ3n) is 2.21. The van der Waals surface area contributed by atoms with Gasteiger partial charge < -0.3 is 14.9 Å². The first-order chi connectivity index (χ1) is 6.93. The van der Waals surface area contributed by atoms with E-state index in [1.807, 2.05) is 0 Å². The maximum atomic E-state index is 11.4. The van der Waals surface area contributed by atoms with Gasteiger partial charge in [0.15, 0.2) is 0 Å². The zero-order chi connectivity index (χ0) is 11.6. The van der Waals surface area contributed by atoms with Crippen LogP contribution in [0.5, 0.6) is 0 Å². The summed E-state index contributed by atoms with van der Waals surface area (Å²) in [6.45, 7) is 3.96. The summed E-state index contributed by atoms with van der Waals surface area (Å²) in [5, 5.41) is 8.58. The van der Waals surface area contributed by atoms with Crippen LogP contribution in [0.3, 0.4) is 0 Å². The summed E-state index contributed by atoms with van der Waals surface area (Å²) in [7, 11) is 1.53. The Hall–Kier alpha value is -1.85. The number of piperazine rings is 1. The lowest BCUT2D eigenvalue weighted by Gasteiger charge is -2.31. The van der Waals surface area contributed by atoms with Crippen molar-refractivity contribution in [2.75, 3.05) is 26.7 Å². The van der Waals surface area contributed by atoms with Crippen LogP contribution in [0.15, 0.2) is 12.2 Å². The number of aliphatic carboxylic acids is 1. The Bertz CT molecular complexity index is 337. The third kappa shape index (κ3) is 2.34. The van der Waals surface area contributed by atoms with Crippen LogP contribution in [0.2, 0.25) is 0 Å². The molecule has 0 atom stereocenters. The molecule has 1 rings (SSSR count). The molecule has 0 radical (unpaired) electrons. The van der Waals surface area contributed by atoms with Crippen molar-refractivity contribution in [2.45, 2.75) is 0 Å². The van der Waals surface area contributed by atoms with Gasteiger partial charge in [-0.25, -0.2) is 4.79 Å². The largest absolute Gasteiger partial charge is 0.478 e. The smallest absolute Gasteiger partial charge is 0.332 e. The van der Waals surface area contributed by atoms with Crippen molar-refractivity contribution in [3.8, 4) is 0 Å². The number of carboxylic acid groups (broad SMARTS) is 1. The monoisotopic (exact) mass is 212 g/mol. The maximum Gasteiger partial charge on any atom is 0.332 e. The van der Waals surface area contributed by atoms with E-state index >= 15 is 0 Å². The number of amides is 2. The van der Waals surface area contributed by atoms with Crippen molar-refractivity contribution in [2.24, 2.45) is 0 Å². The highest BCUT2D eigenvalue weighted by Crippen LogP contribution is 2.05. The number of carbonyl (C=O) groups excluding carboxylic acids is 2. The lowest BCUT2D eigenvalue weighted by molar-refractivity contribution is -0.154. The second-order valence-electron chi connectivity index (χ2n) is 3.36. The Balaban J connectivity index is 2.65. The zero-order valence-corrected chi connectivity index (χ0v) is 8.39. The van der Waals surface area contributed by atoms with Gasteiger partial charge in [-0.15, -0.1) is 0 Å². The molecule has 6 nitrogen and oxygen atoms in total. The Labute approximate surface area is 86.8 Å². The number of likely N-dealkylation sites (N-methyl/N-ethyl adjacent to an activating group) is 1. The second kappa shape index (κ2) is 4.12. The Kier molecular flexibility index (Phi) is 3.08. The van der Waals surface area contributed by atoms with Crippen LogP contribution in [0, 0.1) is 0 Å². The third-order valence-corrected chi connectivity index (χ3v) is 2.21. The van der Waals surface area contributed by atoms with Gasteiger partial charge >= 0.3 is 17.8 Å². The first kappa shape index (κ1) is 11.2. The molecule has 0 aromatic rings. The van der Waals surface area contributed by atoms with Crippen LogP contribution in [-0.4, -0.2) is 59.4 Å². The molecule has 15 heavy (non-hydrogen) atoms. The van der Waals surface area contributed by atoms with Crippen molar-refractivity contribution in [1.82, 2.24) is 9.80 Å². The number of rotatable bonds is 3. The maximum absolute atomic E-state index is 11.4. The molecule has 2 amide bonds. The van der Waals surface area contributed by atoms with Crippen LogP contribution in [0.1, 0.15) is 0 Å². The van der Waals surface area contributed by atoms with Crippen molar-refractivity contribution in [3.05, 3.63) is 12.2 Å². The second-order valence-corrected chi connectivity index (χ2v) is 3.36. The zero-order valence-electron chi connectivity index (χ0n) is 8.39. The summed E-state index contributed by atoms with van der Waals surface area (Å²) in [6.07, 6.45) is 0. The Morgan fingerprint density at radius 2 is 2.00 bits per heavy atom. The first-order valence-electron chi connectivity index (χ1n) is 4.39. The fraction of sp³-hybridized carbons (Fsp3) is 0.444. The van der Waals surface area contributed by atoms with Crippen molar-refractivity contribution in [1.29, 1.82) is 0 Å². The fourth-order valence-corrected chi connectivity index (χ4v) is 1.22. The molecular weight excluding hydrogens is 200 g/mol. The lowest BCUT2D eigenvalue weighted by Crippen LogP contribution is -2.53. The normalized spacial score (nSPS) is 16.9. The minimum absolute atomic E-state index is 0.0966. The SMILES string of the molecule is C=C(CN1CCN(C)C(=O)C1=O)C(=O)O. The summed E-state index contributed by atoms with van der Waals surface area (Å²) in [4.78, 5) is 35.6. The molecule has 1 heterocycles. The van der Waals surface area contributed by atoms with Gasteiger partial charge in [0.1, 0.15) is 0 Å². The van der Waals surface area contributed by atoms with Crippen molar-refractivity contribution < 1.29 is 19.5 Å². The summed E-state index contributed by atoms with van der Waals surface area (Å²) in [6, 6.07) is 0. The quantitative estimate of drug-likeness (QED) is 0.477. The van der Waals surface area contributed by atoms with Crippen LogP contribution in [0.4, 0.5) is 0 Å². The molecule has 0 aromatic carbocycles. The van der Waals surface area contributed by atoms with E-state index in [1.54, 1.807) is 0 Å². The van der Waals surface area contributed by atoms with Gasteiger partial charge in [0.25, 0.3) is 0 Å². The summed E-state index contributed by atoms with van der Waals surface area (Å²) in [5.74, 6) is -2.44. The number of carboxylic acids is 1. The molecule has 1 aliphatic heterocycles. The molecule has 0 unspecified atom stereocenters. The standard InChI is InChI=1S/C9H12N2O4/c1-6(9(14)15)5-11-4-3-10(2)7(12)8(11)13/h1,3-5H2,2H3,(H,14,15). The average molecular weight is 212 g/mol. The number of nitrogens with zero attached hydrogens (tertiary/aromatic N) is 2. The molecule has 1 saturated heterocycles. The molecule has 6 heteroatoms. The molecule has 0 aromatic heterocycles. The lowest BCUT2D eigenvalue weighted by atomic mass is 10.2. The van der Waals surface area contributed by atoms with Gasteiger partial charge in [-0.1, -0.05) is 6.58 Å². The minimum atomic E-state index is -1.16. The van der Waals surface area contributed by atoms with Crippen LogP contribution in [-0.2, 0) is 14.4 Å². The van der Waals surface area contributed by atoms with Crippen molar-refractivity contribution >= 4 is 17.8 Å². The highest BCUT2D eigenvalue weighted by molar-refractivity contribution is 6.35. The van der Waals surface area contributed by atoms with E-state index in [2.05, 4.69) is 6.58 Å². The Morgan fingerprint density at radius 3 is 2.53 bits per heavy atom. The molecule has 1 fully saturated rings. The molecule has 1 aliphatic rings. The van der Waals surface area contributed by atoms with E-state index in [9.17, 15) is 14.4 Å². The van der Waals surface area contributed by atoms with Crippen LogP contribution < -0.4 is 0 Å². The van der Waals surface area contributed by atoms with Gasteiger partial charge in [0.05, 0.1) is 6.54 Å². The molecule has 1 N–H and O–H groups in total. The summed E-state index contributed by atoms with van der Waals surface area (Å²) >= 11 is 0. The molecule has 0 aliphatic carbocycles. The Morgan fingerprint density at radius 1 is 1.40 bits per heavy atom. The highest BCUT2D eigenvalue weighted by atomic mass is 16.4. The fourth-order valence-electron chi connectivity index (χ4n) is 1.22. The van der Waals surface area contributed by atoms with Gasteiger partial charge in [-0.3, -0.25) is 9.59 Å². The first-order valence-corrected chi connectivity index (χ1v) is 4.39. The highest BCUT2D eigenvalue weighted by Gasteiger charge is 2.30. The minimum Gasteiger partial charge on any atom is -0.478 e. The van der Waals surface area contributed by atoms with Gasteiger partial charge in [0.2, 0.25) is 0 Å². The number of hydrogen-bond acceptors (Lipinski definition) is 3. The van der Waals surface area contributed by atoms with E-state index in [1.165, 1.54) is 16.8 Å². The molecule has 82 valence electrons. The average Bonchev–Trinajstić information content (AvgIpc) is 2.18. The van der Waals surface area contributed by atoms with E-state index in [0.29, 0.717) is 13.1 Å². The van der Waals surface area contributed by atoms with Gasteiger partial charge in [-0.05, 0) is 0 Å². The topological polar surface area (TPSA) is 77.9 Å². The van der Waals surface area contributed by atoms with E-state index in [0.717, 1.165) is 0 Å². The van der Waals surface area contributed by atoms with Gasteiger partial charge in [-0.2, -0.15) is 0 Å². The van der Waals surface area contributed by atoms with Gasteiger partial charge in [0, 0.05) is 25.7 Å². The van der Waals surface area contributed by atoms with E-state index < -0.39 is 17.8 Å². The predicted octanol–water partition coefficient (Wildman–Crippen LogP) is -1.07. The summed E-state index contributed by atoms with van der Waals surface area (Å²) < 4.78 is 0. The predicted molar refractivity (Wildman–Crippen MR) is 51.0 cm³/mol. The molecule has 0 saturated carbocycles. The van der Waals surface area contributed by atoms with E-state index in [4.69, 9.17) is 5.11 Å². The number of carbonyl (C=O) groups is 3. The van der Waals surface area contributed by atoms with E-state index in [-0.39, 0.29) is 12.1 Å². The van der Waals surface area contributed by atoms with Crippen LogP contribution >= 0.6 is 0 Å². The summed E-state index contributed by atoms with van der Waals surface area (Å²) in [5.41, 5.74) is -0.0966. The van der Waals surface area contributed by atoms with Crippen LogP contribution in [0.25, 0.3) is 0 Å².